The van der Waals surface area contributed by atoms with Crippen LogP contribution in [-0.2, 0) is 14.3 Å². The molecule has 50 heavy (non-hydrogen) atoms. The van der Waals surface area contributed by atoms with Gasteiger partial charge >= 0.3 is 11.9 Å². The number of carboxylic acids is 1. The van der Waals surface area contributed by atoms with Gasteiger partial charge in [-0.1, -0.05) is 196 Å². The molecule has 0 aliphatic rings. The van der Waals surface area contributed by atoms with Crippen molar-refractivity contribution in [1.82, 2.24) is 0 Å². The first-order valence-electron chi connectivity index (χ1n) is 20.9. The van der Waals surface area contributed by atoms with Crippen molar-refractivity contribution in [2.75, 3.05) is 0 Å². The number of carbonyl (C=O) groups excluding carboxylic acids is 1. The van der Waals surface area contributed by atoms with E-state index in [2.05, 4.69) is 86.8 Å². The number of ether oxygens (including phenoxy) is 1. The monoisotopic (exact) mass is 695 g/mol. The second-order valence-electron chi connectivity index (χ2n) is 13.8. The van der Waals surface area contributed by atoms with Crippen LogP contribution in [0.5, 0.6) is 0 Å². The van der Waals surface area contributed by atoms with Crippen molar-refractivity contribution < 1.29 is 19.4 Å². The Labute approximate surface area is 309 Å². The molecule has 0 heterocycles. The number of rotatable bonds is 37. The maximum atomic E-state index is 12.2. The van der Waals surface area contributed by atoms with Gasteiger partial charge in [-0.15, -0.1) is 0 Å². The predicted octanol–water partition coefficient (Wildman–Crippen LogP) is 14.7. The van der Waals surface area contributed by atoms with Crippen molar-refractivity contribution in [3.63, 3.8) is 0 Å². The Bertz CT molecular complexity index is 922. The summed E-state index contributed by atoms with van der Waals surface area (Å²) in [6.07, 6.45) is 58.0. The molecule has 4 nitrogen and oxygen atoms in total. The maximum Gasteiger partial charge on any atom is 0.345 e. The van der Waals surface area contributed by atoms with Gasteiger partial charge in [0.05, 0.1) is 0 Å². The average molecular weight is 695 g/mol. The molecule has 0 aromatic carbocycles. The summed E-state index contributed by atoms with van der Waals surface area (Å²) in [7, 11) is 0. The predicted molar refractivity (Wildman–Crippen MR) is 218 cm³/mol. The Balaban J connectivity index is 3.67. The Morgan fingerprint density at radius 2 is 0.820 bits per heavy atom. The van der Waals surface area contributed by atoms with E-state index in [-0.39, 0.29) is 12.4 Å². The topological polar surface area (TPSA) is 63.6 Å². The van der Waals surface area contributed by atoms with Crippen LogP contribution in [0.15, 0.2) is 72.9 Å². The fourth-order valence-corrected chi connectivity index (χ4v) is 5.85. The van der Waals surface area contributed by atoms with Crippen LogP contribution >= 0.6 is 0 Å². The third-order valence-corrected chi connectivity index (χ3v) is 8.97. The van der Waals surface area contributed by atoms with Crippen molar-refractivity contribution in [3.05, 3.63) is 72.9 Å². The average Bonchev–Trinajstić information content (AvgIpc) is 3.11. The summed E-state index contributed by atoms with van der Waals surface area (Å²) >= 11 is 0. The van der Waals surface area contributed by atoms with Gasteiger partial charge < -0.3 is 9.84 Å². The Kier molecular flexibility index (Phi) is 38.7. The van der Waals surface area contributed by atoms with Gasteiger partial charge in [0.15, 0.2) is 6.10 Å². The third kappa shape index (κ3) is 38.2. The summed E-state index contributed by atoms with van der Waals surface area (Å²) in [5.41, 5.74) is 0. The van der Waals surface area contributed by atoms with Gasteiger partial charge in [-0.2, -0.15) is 0 Å². The number of hydrogen-bond acceptors (Lipinski definition) is 3. The number of aliphatic carboxylic acids is 1. The van der Waals surface area contributed by atoms with Crippen LogP contribution in [0, 0.1) is 0 Å². The molecule has 1 atom stereocenters. The summed E-state index contributed by atoms with van der Waals surface area (Å²) in [5.74, 6) is -1.41. The van der Waals surface area contributed by atoms with Crippen molar-refractivity contribution in [2.24, 2.45) is 0 Å². The van der Waals surface area contributed by atoms with E-state index in [0.29, 0.717) is 6.42 Å². The van der Waals surface area contributed by atoms with Gasteiger partial charge in [-0.3, -0.25) is 4.79 Å². The highest BCUT2D eigenvalue weighted by molar-refractivity contribution is 5.77. The molecule has 0 bridgehead atoms. The number of esters is 1. The molecule has 0 saturated heterocycles. The van der Waals surface area contributed by atoms with Crippen molar-refractivity contribution in [2.45, 2.75) is 206 Å². The molecule has 0 rings (SSSR count). The van der Waals surface area contributed by atoms with E-state index in [4.69, 9.17) is 4.74 Å². The van der Waals surface area contributed by atoms with Gasteiger partial charge in [0.1, 0.15) is 0 Å². The molecule has 0 aliphatic heterocycles. The molecule has 0 fully saturated rings. The van der Waals surface area contributed by atoms with Gasteiger partial charge in [0.25, 0.3) is 0 Å². The zero-order valence-corrected chi connectivity index (χ0v) is 32.7. The van der Waals surface area contributed by atoms with E-state index in [1.54, 1.807) is 0 Å². The highest BCUT2D eigenvalue weighted by atomic mass is 16.6. The molecule has 4 heteroatoms. The number of carbonyl (C=O) groups is 2. The largest absolute Gasteiger partial charge is 0.479 e. The smallest absolute Gasteiger partial charge is 0.345 e. The summed E-state index contributed by atoms with van der Waals surface area (Å²) in [6, 6.07) is 0. The lowest BCUT2D eigenvalue weighted by molar-refractivity contribution is -0.164. The zero-order valence-electron chi connectivity index (χ0n) is 32.7. The van der Waals surface area contributed by atoms with E-state index < -0.39 is 12.1 Å². The Hall–Kier alpha value is -2.62. The zero-order chi connectivity index (χ0) is 36.4. The summed E-state index contributed by atoms with van der Waals surface area (Å²) in [6.45, 7) is 4.43. The lowest BCUT2D eigenvalue weighted by Gasteiger charge is -2.13. The molecule has 0 amide bonds. The molecule has 0 radical (unpaired) electrons. The third-order valence-electron chi connectivity index (χ3n) is 8.97. The van der Waals surface area contributed by atoms with E-state index in [9.17, 15) is 14.7 Å². The summed E-state index contributed by atoms with van der Waals surface area (Å²) in [5, 5.41) is 9.51. The molecular weight excluding hydrogens is 617 g/mol. The first-order chi connectivity index (χ1) is 24.6. The normalized spacial score (nSPS) is 13.0. The highest BCUT2D eigenvalue weighted by Gasteiger charge is 2.21. The molecule has 0 aromatic rings. The number of hydrogen-bond donors (Lipinski definition) is 1. The first-order valence-corrected chi connectivity index (χ1v) is 20.9. The van der Waals surface area contributed by atoms with E-state index in [1.807, 2.05) is 0 Å². The van der Waals surface area contributed by atoms with Crippen LogP contribution in [0.2, 0.25) is 0 Å². The van der Waals surface area contributed by atoms with E-state index >= 15 is 0 Å². The SMILES string of the molecule is CC/C=C\C/C=C\C/C=C\C/C=C\C/C=C\C/C=C\CCCCC(=O)OC(CCCCCCCCCCCCCCCCCCCC)C(=O)O. The lowest BCUT2D eigenvalue weighted by Crippen LogP contribution is -2.27. The molecule has 0 spiro atoms. The molecule has 0 aliphatic carbocycles. The minimum Gasteiger partial charge on any atom is -0.479 e. The van der Waals surface area contributed by atoms with Gasteiger partial charge in [-0.05, 0) is 70.6 Å². The van der Waals surface area contributed by atoms with Crippen LogP contribution in [0.25, 0.3) is 0 Å². The lowest BCUT2D eigenvalue weighted by atomic mass is 10.0. The van der Waals surface area contributed by atoms with E-state index in [1.165, 1.54) is 96.3 Å². The van der Waals surface area contributed by atoms with Crippen molar-refractivity contribution in [1.29, 1.82) is 0 Å². The number of allylic oxidation sites excluding steroid dienone is 12. The van der Waals surface area contributed by atoms with E-state index in [0.717, 1.165) is 77.0 Å². The van der Waals surface area contributed by atoms with Gasteiger partial charge in [-0.25, -0.2) is 4.79 Å². The minimum absolute atomic E-state index is 0.283. The number of carboxylic acid groups (broad SMARTS) is 1. The Morgan fingerprint density at radius 1 is 0.460 bits per heavy atom. The van der Waals surface area contributed by atoms with Gasteiger partial charge in [0.2, 0.25) is 0 Å². The quantitative estimate of drug-likeness (QED) is 0.0399. The molecule has 1 unspecified atom stereocenters. The summed E-state index contributed by atoms with van der Waals surface area (Å²) in [4.78, 5) is 23.8. The van der Waals surface area contributed by atoms with Crippen LogP contribution in [0.1, 0.15) is 200 Å². The number of unbranched alkanes of at least 4 members (excludes halogenated alkanes) is 19. The Morgan fingerprint density at radius 3 is 1.20 bits per heavy atom. The van der Waals surface area contributed by atoms with Crippen molar-refractivity contribution >= 4 is 11.9 Å². The maximum absolute atomic E-state index is 12.2. The molecule has 286 valence electrons. The highest BCUT2D eigenvalue weighted by Crippen LogP contribution is 2.16. The first kappa shape index (κ1) is 47.4. The molecular formula is C46H78O4. The minimum atomic E-state index is -1.02. The van der Waals surface area contributed by atoms with Gasteiger partial charge in [0, 0.05) is 6.42 Å². The van der Waals surface area contributed by atoms with Crippen molar-refractivity contribution in [3.8, 4) is 0 Å². The fraction of sp³-hybridized carbons (Fsp3) is 0.696. The second-order valence-corrected chi connectivity index (χ2v) is 13.8. The molecule has 0 aromatic heterocycles. The second kappa shape index (κ2) is 40.8. The molecule has 1 N–H and O–H groups in total. The molecule has 0 saturated carbocycles. The van der Waals surface area contributed by atoms with Crippen LogP contribution < -0.4 is 0 Å². The fourth-order valence-electron chi connectivity index (χ4n) is 5.85. The van der Waals surface area contributed by atoms with Crippen LogP contribution in [0.3, 0.4) is 0 Å². The summed E-state index contributed by atoms with van der Waals surface area (Å²) < 4.78 is 5.31. The van der Waals surface area contributed by atoms with Crippen LogP contribution in [0.4, 0.5) is 0 Å². The van der Waals surface area contributed by atoms with Crippen LogP contribution in [-0.4, -0.2) is 23.1 Å². The standard InChI is InChI=1S/C46H78O4/c1-3-5-7-9-11-13-15-17-19-21-23-24-25-27-29-31-33-35-37-39-41-43-45(47)50-44(46(48)49)42-40-38-36-34-32-30-28-26-22-20-18-16-14-12-10-8-6-4-2/h5,7,11,13,17,19,23-24,27,29,33,35,44H,3-4,6,8-10,12,14-16,18,20-22,25-26,28,30-32,34,36-43H2,1-2H3,(H,48,49)/b7-5-,13-11-,19-17-,24-23-,29-27-,35-33-.